The Labute approximate surface area is 135 Å². The third kappa shape index (κ3) is 2.60. The van der Waals surface area contributed by atoms with Gasteiger partial charge in [0.05, 0.1) is 5.75 Å². The first kappa shape index (κ1) is 13.4. The summed E-state index contributed by atoms with van der Waals surface area (Å²) in [6, 6.07) is 14.2. The zero-order valence-corrected chi connectivity index (χ0v) is 13.1. The standard InChI is InChI=1S/C15H11N5S2/c1-2-4-12(5-3-1)21-10-13-17-18-15-20(13)19-14(22-15)11-6-8-16-9-7-11/h1-9H,10H2. The Morgan fingerprint density at radius 3 is 2.64 bits per heavy atom. The minimum Gasteiger partial charge on any atom is -0.265 e. The van der Waals surface area contributed by atoms with Crippen LogP contribution in [0.2, 0.25) is 0 Å². The number of aromatic nitrogens is 5. The van der Waals surface area contributed by atoms with Crippen LogP contribution in [0.5, 0.6) is 0 Å². The van der Waals surface area contributed by atoms with Crippen LogP contribution in [0.3, 0.4) is 0 Å². The fourth-order valence-corrected chi connectivity index (χ4v) is 3.71. The summed E-state index contributed by atoms with van der Waals surface area (Å²) in [6.07, 6.45) is 3.54. The van der Waals surface area contributed by atoms with Crippen LogP contribution in [0.4, 0.5) is 0 Å². The van der Waals surface area contributed by atoms with Gasteiger partial charge in [0, 0.05) is 22.9 Å². The van der Waals surface area contributed by atoms with Crippen molar-refractivity contribution in [2.24, 2.45) is 0 Å². The van der Waals surface area contributed by atoms with Gasteiger partial charge >= 0.3 is 0 Å². The van der Waals surface area contributed by atoms with Gasteiger partial charge in [0.2, 0.25) is 4.96 Å². The van der Waals surface area contributed by atoms with Gasteiger partial charge in [-0.1, -0.05) is 29.5 Å². The maximum Gasteiger partial charge on any atom is 0.235 e. The molecule has 0 atom stereocenters. The molecule has 4 aromatic rings. The smallest absolute Gasteiger partial charge is 0.235 e. The van der Waals surface area contributed by atoms with Gasteiger partial charge in [0.1, 0.15) is 5.01 Å². The van der Waals surface area contributed by atoms with Gasteiger partial charge in [0.15, 0.2) is 5.82 Å². The minimum absolute atomic E-state index is 0.741. The fraction of sp³-hybridized carbons (Fsp3) is 0.0667. The Bertz CT molecular complexity index is 886. The Kier molecular flexibility index (Phi) is 3.57. The second-order valence-corrected chi connectivity index (χ2v) is 6.56. The van der Waals surface area contributed by atoms with Crippen molar-refractivity contribution in [2.45, 2.75) is 10.6 Å². The van der Waals surface area contributed by atoms with Crippen molar-refractivity contribution < 1.29 is 0 Å². The quantitative estimate of drug-likeness (QED) is 0.537. The number of nitrogens with zero attached hydrogens (tertiary/aromatic N) is 5. The summed E-state index contributed by atoms with van der Waals surface area (Å²) in [5, 5.41) is 14.0. The molecule has 0 fully saturated rings. The molecule has 4 rings (SSSR count). The highest BCUT2D eigenvalue weighted by Gasteiger charge is 2.13. The number of hydrogen-bond donors (Lipinski definition) is 0. The summed E-state index contributed by atoms with van der Waals surface area (Å²) in [6.45, 7) is 0. The van der Waals surface area contributed by atoms with E-state index < -0.39 is 0 Å². The average Bonchev–Trinajstić information content (AvgIpc) is 3.16. The predicted molar refractivity (Wildman–Crippen MR) is 87.9 cm³/mol. The maximum atomic E-state index is 4.62. The molecule has 108 valence electrons. The largest absolute Gasteiger partial charge is 0.265 e. The van der Waals surface area contributed by atoms with Gasteiger partial charge in [0.25, 0.3) is 0 Å². The van der Waals surface area contributed by atoms with Gasteiger partial charge in [-0.2, -0.15) is 9.61 Å². The highest BCUT2D eigenvalue weighted by Crippen LogP contribution is 2.27. The highest BCUT2D eigenvalue weighted by atomic mass is 32.2. The number of pyridine rings is 1. The van der Waals surface area contributed by atoms with Crippen molar-refractivity contribution in [3.8, 4) is 10.6 Å². The third-order valence-electron chi connectivity index (χ3n) is 3.09. The zero-order chi connectivity index (χ0) is 14.8. The molecule has 0 aliphatic carbocycles. The normalized spacial score (nSPS) is 11.1. The number of rotatable bonds is 4. The summed E-state index contributed by atoms with van der Waals surface area (Å²) in [7, 11) is 0. The predicted octanol–water partition coefficient (Wildman–Crippen LogP) is 3.54. The molecule has 0 amide bonds. The summed E-state index contributed by atoms with van der Waals surface area (Å²) < 4.78 is 1.83. The number of fused-ring (bicyclic) bond motifs is 1. The number of hydrogen-bond acceptors (Lipinski definition) is 6. The molecule has 7 heteroatoms. The van der Waals surface area contributed by atoms with Crippen LogP contribution in [0.25, 0.3) is 15.5 Å². The molecule has 0 bridgehead atoms. The van der Waals surface area contributed by atoms with Gasteiger partial charge < -0.3 is 0 Å². The Hall–Kier alpha value is -2.25. The second-order valence-electron chi connectivity index (χ2n) is 4.56. The van der Waals surface area contributed by atoms with Crippen molar-refractivity contribution in [1.29, 1.82) is 0 Å². The molecule has 0 spiro atoms. The monoisotopic (exact) mass is 325 g/mol. The van der Waals surface area contributed by atoms with E-state index in [4.69, 9.17) is 0 Å². The zero-order valence-electron chi connectivity index (χ0n) is 11.5. The van der Waals surface area contributed by atoms with Crippen molar-refractivity contribution in [3.05, 3.63) is 60.7 Å². The SMILES string of the molecule is c1ccc(SCc2nnc3sc(-c4ccncc4)nn23)cc1. The number of thioether (sulfide) groups is 1. The van der Waals surface area contributed by atoms with Crippen LogP contribution in [-0.4, -0.2) is 24.8 Å². The molecule has 3 heterocycles. The molecule has 22 heavy (non-hydrogen) atoms. The molecule has 0 N–H and O–H groups in total. The van der Waals surface area contributed by atoms with Crippen molar-refractivity contribution in [3.63, 3.8) is 0 Å². The number of benzene rings is 1. The third-order valence-corrected chi connectivity index (χ3v) is 5.05. The molecule has 0 saturated carbocycles. The van der Waals surface area contributed by atoms with Crippen LogP contribution >= 0.6 is 23.1 Å². The highest BCUT2D eigenvalue weighted by molar-refractivity contribution is 7.98. The van der Waals surface area contributed by atoms with Gasteiger partial charge in [-0.25, -0.2) is 0 Å². The first-order chi connectivity index (χ1) is 10.9. The fourth-order valence-electron chi connectivity index (χ4n) is 2.02. The Morgan fingerprint density at radius 2 is 1.82 bits per heavy atom. The molecule has 1 aromatic carbocycles. The summed E-state index contributed by atoms with van der Waals surface area (Å²) in [5.41, 5.74) is 1.05. The average molecular weight is 325 g/mol. The second kappa shape index (κ2) is 5.86. The van der Waals surface area contributed by atoms with Crippen molar-refractivity contribution in [1.82, 2.24) is 24.8 Å². The van der Waals surface area contributed by atoms with Crippen LogP contribution in [0, 0.1) is 0 Å². The van der Waals surface area contributed by atoms with E-state index in [2.05, 4.69) is 32.4 Å². The van der Waals surface area contributed by atoms with Crippen LogP contribution in [0.15, 0.2) is 59.8 Å². The van der Waals surface area contributed by atoms with E-state index in [9.17, 15) is 0 Å². The molecule has 0 aliphatic heterocycles. The summed E-state index contributed by atoms with van der Waals surface area (Å²) in [5.74, 6) is 1.60. The van der Waals surface area contributed by atoms with E-state index in [1.807, 2.05) is 34.8 Å². The first-order valence-electron chi connectivity index (χ1n) is 6.69. The molecular formula is C15H11N5S2. The molecule has 0 aliphatic rings. The van der Waals surface area contributed by atoms with Crippen molar-refractivity contribution >= 4 is 28.1 Å². The lowest BCUT2D eigenvalue weighted by molar-refractivity contribution is 0.887. The van der Waals surface area contributed by atoms with Gasteiger partial charge in [-0.3, -0.25) is 4.98 Å². The molecule has 0 radical (unpaired) electrons. The van der Waals surface area contributed by atoms with E-state index >= 15 is 0 Å². The van der Waals surface area contributed by atoms with E-state index in [-0.39, 0.29) is 0 Å². The Balaban J connectivity index is 1.61. The van der Waals surface area contributed by atoms with Gasteiger partial charge in [-0.15, -0.1) is 22.0 Å². The lowest BCUT2D eigenvalue weighted by atomic mass is 10.3. The topological polar surface area (TPSA) is 56.0 Å². The molecule has 0 unspecified atom stereocenters. The van der Waals surface area contributed by atoms with Gasteiger partial charge in [-0.05, 0) is 24.3 Å². The first-order valence-corrected chi connectivity index (χ1v) is 8.50. The lowest BCUT2D eigenvalue weighted by Gasteiger charge is -1.98. The van der Waals surface area contributed by atoms with E-state index in [0.717, 1.165) is 27.1 Å². The molecule has 0 saturated heterocycles. The molecular weight excluding hydrogens is 314 g/mol. The maximum absolute atomic E-state index is 4.62. The minimum atomic E-state index is 0.741. The van der Waals surface area contributed by atoms with E-state index in [0.29, 0.717) is 0 Å². The lowest BCUT2D eigenvalue weighted by Crippen LogP contribution is -1.94. The van der Waals surface area contributed by atoms with Crippen molar-refractivity contribution in [2.75, 3.05) is 0 Å². The van der Waals surface area contributed by atoms with E-state index in [1.54, 1.807) is 24.2 Å². The summed E-state index contributed by atoms with van der Waals surface area (Å²) >= 11 is 3.26. The Morgan fingerprint density at radius 1 is 1.00 bits per heavy atom. The van der Waals surface area contributed by atoms with Crippen LogP contribution < -0.4 is 0 Å². The molecule has 5 nitrogen and oxygen atoms in total. The van der Waals surface area contributed by atoms with E-state index in [1.165, 1.54) is 16.2 Å². The molecule has 3 aromatic heterocycles. The summed E-state index contributed by atoms with van der Waals surface area (Å²) in [4.78, 5) is 6.06. The van der Waals surface area contributed by atoms with Crippen LogP contribution in [0.1, 0.15) is 5.82 Å². The van der Waals surface area contributed by atoms with Crippen LogP contribution in [-0.2, 0) is 5.75 Å².